The summed E-state index contributed by atoms with van der Waals surface area (Å²) >= 11 is 3.62. The molecule has 4 nitrogen and oxygen atoms in total. The fourth-order valence-electron chi connectivity index (χ4n) is 2.84. The van der Waals surface area contributed by atoms with Crippen LogP contribution in [0.2, 0.25) is 0 Å². The van der Waals surface area contributed by atoms with Crippen LogP contribution < -0.4 is 5.32 Å². The van der Waals surface area contributed by atoms with Crippen molar-refractivity contribution in [3.63, 3.8) is 0 Å². The molecule has 0 spiro atoms. The molecule has 0 saturated heterocycles. The highest BCUT2D eigenvalue weighted by Crippen LogP contribution is 2.31. The molecule has 1 heterocycles. The fraction of sp³-hybridized carbons (Fsp3) is 0.316. The highest BCUT2D eigenvalue weighted by atomic mass is 127. The van der Waals surface area contributed by atoms with Crippen LogP contribution in [0.1, 0.15) is 36.6 Å². The lowest BCUT2D eigenvalue weighted by Crippen LogP contribution is -2.24. The third kappa shape index (κ3) is 4.33. The minimum atomic E-state index is -0.279. The van der Waals surface area contributed by atoms with Gasteiger partial charge in [0.15, 0.2) is 0 Å². The number of hydrogen-bond acceptors (Lipinski definition) is 4. The number of pyridine rings is 1. The number of benzene rings is 1. The van der Waals surface area contributed by atoms with E-state index in [-0.39, 0.29) is 11.2 Å². The molecule has 1 aromatic heterocycles. The largest absolute Gasteiger partial charge is 0.325 e. The van der Waals surface area contributed by atoms with E-state index in [4.69, 9.17) is 0 Å². The average molecular weight is 463 g/mol. The Bertz CT molecular complexity index is 830. The van der Waals surface area contributed by atoms with Crippen molar-refractivity contribution in [2.24, 2.45) is 0 Å². The van der Waals surface area contributed by atoms with Gasteiger partial charge in [-0.05, 0) is 84.2 Å². The fourth-order valence-corrected chi connectivity index (χ4v) is 4.19. The van der Waals surface area contributed by atoms with Crippen LogP contribution in [0, 0.1) is 14.9 Å². The maximum absolute atomic E-state index is 12.6. The number of anilines is 1. The molecule has 6 heteroatoms. The van der Waals surface area contributed by atoms with Crippen molar-refractivity contribution in [2.45, 2.75) is 42.9 Å². The minimum absolute atomic E-state index is 0.0557. The molecule has 0 radical (unpaired) electrons. The predicted octanol–water partition coefficient (Wildman–Crippen LogP) is 4.56. The lowest BCUT2D eigenvalue weighted by molar-refractivity contribution is -0.115. The molecule has 1 aliphatic rings. The number of aromatic nitrogens is 1. The lowest BCUT2D eigenvalue weighted by atomic mass is 10.2. The first-order valence-electron chi connectivity index (χ1n) is 8.26. The summed E-state index contributed by atoms with van der Waals surface area (Å²) < 4.78 is 1.12. The number of halogens is 1. The van der Waals surface area contributed by atoms with E-state index in [1.165, 1.54) is 17.3 Å². The summed E-state index contributed by atoms with van der Waals surface area (Å²) in [6.07, 6.45) is 3.71. The zero-order chi connectivity index (χ0) is 17.8. The van der Waals surface area contributed by atoms with Gasteiger partial charge in [0, 0.05) is 15.0 Å². The predicted molar refractivity (Wildman–Crippen MR) is 109 cm³/mol. The summed E-state index contributed by atoms with van der Waals surface area (Å²) in [6.45, 7) is 1.98. The third-order valence-electron chi connectivity index (χ3n) is 4.17. The second kappa shape index (κ2) is 8.19. The summed E-state index contributed by atoms with van der Waals surface area (Å²) in [4.78, 5) is 17.3. The SMILES string of the molecule is CCC(Sc1nc2c(cc1C#N)CCC2)C(=O)Nc1ccc(I)cc1. The molecule has 0 aliphatic heterocycles. The van der Waals surface area contributed by atoms with Crippen LogP contribution in [0.5, 0.6) is 0 Å². The summed E-state index contributed by atoms with van der Waals surface area (Å²) in [5.74, 6) is -0.0557. The third-order valence-corrected chi connectivity index (χ3v) is 6.25. The Morgan fingerprint density at radius 2 is 2.16 bits per heavy atom. The molecule has 1 atom stereocenters. The van der Waals surface area contributed by atoms with Crippen molar-refractivity contribution in [1.29, 1.82) is 5.26 Å². The molecule has 1 aromatic carbocycles. The number of thioether (sulfide) groups is 1. The molecule has 25 heavy (non-hydrogen) atoms. The van der Waals surface area contributed by atoms with E-state index in [9.17, 15) is 10.1 Å². The van der Waals surface area contributed by atoms with E-state index in [1.807, 2.05) is 37.3 Å². The number of fused-ring (bicyclic) bond motifs is 1. The highest BCUT2D eigenvalue weighted by molar-refractivity contribution is 14.1. The van der Waals surface area contributed by atoms with Gasteiger partial charge in [0.2, 0.25) is 5.91 Å². The topological polar surface area (TPSA) is 65.8 Å². The van der Waals surface area contributed by atoms with Crippen molar-refractivity contribution >= 4 is 45.9 Å². The number of nitrogens with zero attached hydrogens (tertiary/aromatic N) is 2. The molecule has 3 rings (SSSR count). The van der Waals surface area contributed by atoms with Crippen molar-refractivity contribution in [1.82, 2.24) is 4.98 Å². The molecule has 0 fully saturated rings. The zero-order valence-corrected chi connectivity index (χ0v) is 16.9. The molecule has 2 aromatic rings. The van der Waals surface area contributed by atoms with E-state index in [1.54, 1.807) is 0 Å². The van der Waals surface area contributed by atoms with E-state index in [0.29, 0.717) is 17.0 Å². The normalized spacial score (nSPS) is 13.8. The quantitative estimate of drug-likeness (QED) is 0.522. The number of aryl methyl sites for hydroxylation is 2. The Kier molecular flexibility index (Phi) is 5.97. The zero-order valence-electron chi connectivity index (χ0n) is 13.9. The number of amides is 1. The van der Waals surface area contributed by atoms with Gasteiger partial charge in [-0.3, -0.25) is 4.79 Å². The molecule has 1 aliphatic carbocycles. The number of carbonyl (C=O) groups excluding carboxylic acids is 1. The summed E-state index contributed by atoms with van der Waals surface area (Å²) in [5.41, 5.74) is 3.62. The number of hydrogen-bond donors (Lipinski definition) is 1. The Morgan fingerprint density at radius 3 is 2.84 bits per heavy atom. The standard InChI is InChI=1S/C19H18IN3OS/c1-2-17(18(24)22-15-8-6-14(20)7-9-15)25-19-13(11-21)10-12-4-3-5-16(12)23-19/h6-10,17H,2-5H2,1H3,(H,22,24). The van der Waals surface area contributed by atoms with Crippen molar-refractivity contribution in [2.75, 3.05) is 5.32 Å². The van der Waals surface area contributed by atoms with Gasteiger partial charge >= 0.3 is 0 Å². The van der Waals surface area contributed by atoms with E-state index in [2.05, 4.69) is 39.0 Å². The van der Waals surface area contributed by atoms with Crippen molar-refractivity contribution < 1.29 is 4.79 Å². The second-order valence-corrected chi connectivity index (χ2v) is 8.36. The second-order valence-electron chi connectivity index (χ2n) is 5.92. The van der Waals surface area contributed by atoms with Gasteiger partial charge in [-0.15, -0.1) is 0 Å². The molecular formula is C19H18IN3OS. The van der Waals surface area contributed by atoms with Crippen LogP contribution >= 0.6 is 34.4 Å². The van der Waals surface area contributed by atoms with Gasteiger partial charge in [0.25, 0.3) is 0 Å². The van der Waals surface area contributed by atoms with Crippen LogP contribution in [0.3, 0.4) is 0 Å². The summed E-state index contributed by atoms with van der Waals surface area (Å²) in [5, 5.41) is 12.8. The van der Waals surface area contributed by atoms with Crippen molar-refractivity contribution in [3.8, 4) is 6.07 Å². The number of nitriles is 1. The maximum Gasteiger partial charge on any atom is 0.237 e. The Labute approximate surface area is 165 Å². The van der Waals surface area contributed by atoms with E-state index in [0.717, 1.165) is 34.2 Å². The highest BCUT2D eigenvalue weighted by Gasteiger charge is 2.23. The first kappa shape index (κ1) is 18.2. The van der Waals surface area contributed by atoms with Gasteiger partial charge in [-0.1, -0.05) is 18.7 Å². The van der Waals surface area contributed by atoms with Gasteiger partial charge in [-0.25, -0.2) is 4.98 Å². The molecule has 0 bridgehead atoms. The summed E-state index contributed by atoms with van der Waals surface area (Å²) in [6, 6.07) is 11.9. The van der Waals surface area contributed by atoms with Crippen LogP contribution in [-0.4, -0.2) is 16.1 Å². The first-order valence-corrected chi connectivity index (χ1v) is 10.2. The molecule has 0 saturated carbocycles. The smallest absolute Gasteiger partial charge is 0.237 e. The van der Waals surface area contributed by atoms with Crippen LogP contribution in [0.4, 0.5) is 5.69 Å². The van der Waals surface area contributed by atoms with Crippen LogP contribution in [0.15, 0.2) is 35.4 Å². The van der Waals surface area contributed by atoms with Gasteiger partial charge < -0.3 is 5.32 Å². The Morgan fingerprint density at radius 1 is 1.40 bits per heavy atom. The van der Waals surface area contributed by atoms with Gasteiger partial charge in [0.1, 0.15) is 11.1 Å². The molecule has 1 unspecified atom stereocenters. The number of rotatable bonds is 5. The summed E-state index contributed by atoms with van der Waals surface area (Å²) in [7, 11) is 0. The Balaban J connectivity index is 1.77. The van der Waals surface area contributed by atoms with Gasteiger partial charge in [-0.2, -0.15) is 5.26 Å². The van der Waals surface area contributed by atoms with Gasteiger partial charge in [0.05, 0.1) is 10.8 Å². The molecule has 128 valence electrons. The number of nitrogens with one attached hydrogen (secondary N) is 1. The van der Waals surface area contributed by atoms with E-state index >= 15 is 0 Å². The first-order chi connectivity index (χ1) is 12.1. The minimum Gasteiger partial charge on any atom is -0.325 e. The lowest BCUT2D eigenvalue weighted by Gasteiger charge is -2.15. The van der Waals surface area contributed by atoms with Crippen LogP contribution in [0.25, 0.3) is 0 Å². The molecule has 1 amide bonds. The maximum atomic E-state index is 12.6. The molecular weight excluding hydrogens is 445 g/mol. The van der Waals surface area contributed by atoms with E-state index < -0.39 is 0 Å². The monoisotopic (exact) mass is 463 g/mol. The Hall–Kier alpha value is -1.59. The average Bonchev–Trinajstić information content (AvgIpc) is 3.07. The van der Waals surface area contributed by atoms with Crippen molar-refractivity contribution in [3.05, 3.63) is 50.7 Å². The van der Waals surface area contributed by atoms with Crippen LogP contribution in [-0.2, 0) is 17.6 Å². The number of carbonyl (C=O) groups is 1. The molecule has 1 N–H and O–H groups in total.